The van der Waals surface area contributed by atoms with Crippen molar-refractivity contribution in [3.05, 3.63) is 53.9 Å². The lowest BCUT2D eigenvalue weighted by Gasteiger charge is -2.63. The normalized spacial score (nSPS) is 23.2. The monoisotopic (exact) mass is 543 g/mol. The van der Waals surface area contributed by atoms with Crippen molar-refractivity contribution in [2.75, 3.05) is 5.32 Å². The maximum atomic E-state index is 13.6. The Balaban J connectivity index is 1.41. The molecule has 0 radical (unpaired) electrons. The number of anilines is 1. The summed E-state index contributed by atoms with van der Waals surface area (Å²) in [5.41, 5.74) is -3.52. The zero-order chi connectivity index (χ0) is 27.5. The highest BCUT2D eigenvalue weighted by atomic mass is 19.4. The second-order valence-electron chi connectivity index (χ2n) is 9.67. The number of alkyl halides is 6. The number of hydrogen-bond acceptors (Lipinski definition) is 5. The standard InChI is InChI=1S/C23H20F7N7O/c1-12-4-15-7-21(6-12,11-36-33-10-18(35-36)23(28,29)30)37(15)20(38)34-14-2-3-17(22(25,26)27)16(5-14)19-31-8-13(24)9-32-19/h2-3,5,8-10,12,15H,4,6-7,11H2,1H3,(H,34,38)/t12-,15-,21+/m1/s1. The fraction of sp³-hybridized carbons (Fsp3) is 0.435. The van der Waals surface area contributed by atoms with Gasteiger partial charge in [-0.05, 0) is 43.4 Å². The first-order chi connectivity index (χ1) is 17.7. The maximum absolute atomic E-state index is 13.6. The smallest absolute Gasteiger partial charge is 0.314 e. The summed E-state index contributed by atoms with van der Waals surface area (Å²) in [5, 5.41) is 9.81. The van der Waals surface area contributed by atoms with Crippen molar-refractivity contribution in [1.29, 1.82) is 0 Å². The quantitative estimate of drug-likeness (QED) is 0.446. The topological polar surface area (TPSA) is 88.8 Å². The predicted molar refractivity (Wildman–Crippen MR) is 118 cm³/mol. The minimum absolute atomic E-state index is 0.00988. The van der Waals surface area contributed by atoms with Gasteiger partial charge >= 0.3 is 18.4 Å². The van der Waals surface area contributed by atoms with E-state index in [1.165, 1.54) is 4.90 Å². The minimum Gasteiger partial charge on any atom is -0.314 e. The molecule has 0 spiro atoms. The van der Waals surface area contributed by atoms with Crippen LogP contribution in [0.3, 0.4) is 0 Å². The maximum Gasteiger partial charge on any atom is 0.436 e. The Kier molecular flexibility index (Phi) is 6.06. The molecule has 6 rings (SSSR count). The molecule has 8 nitrogen and oxygen atoms in total. The third kappa shape index (κ3) is 4.76. The molecule has 38 heavy (non-hydrogen) atoms. The van der Waals surface area contributed by atoms with Gasteiger partial charge in [0, 0.05) is 17.3 Å². The summed E-state index contributed by atoms with van der Waals surface area (Å²) >= 11 is 0. The van der Waals surface area contributed by atoms with Gasteiger partial charge in [-0.25, -0.2) is 19.2 Å². The van der Waals surface area contributed by atoms with Crippen LogP contribution in [0.2, 0.25) is 0 Å². The lowest BCUT2D eigenvalue weighted by atomic mass is 9.64. The highest BCUT2D eigenvalue weighted by molar-refractivity contribution is 5.92. The van der Waals surface area contributed by atoms with Crippen molar-refractivity contribution >= 4 is 11.7 Å². The van der Waals surface area contributed by atoms with Crippen molar-refractivity contribution in [3.8, 4) is 11.4 Å². The van der Waals surface area contributed by atoms with Crippen LogP contribution in [0, 0.1) is 11.7 Å². The van der Waals surface area contributed by atoms with Gasteiger partial charge in [0.2, 0.25) is 0 Å². The summed E-state index contributed by atoms with van der Waals surface area (Å²) in [6.45, 7) is 1.90. The third-order valence-corrected chi connectivity index (χ3v) is 6.81. The van der Waals surface area contributed by atoms with E-state index in [9.17, 15) is 35.5 Å². The predicted octanol–water partition coefficient (Wildman–Crippen LogP) is 5.39. The van der Waals surface area contributed by atoms with Crippen LogP contribution in [-0.2, 0) is 18.9 Å². The highest BCUT2D eigenvalue weighted by Gasteiger charge is 2.58. The summed E-state index contributed by atoms with van der Waals surface area (Å²) in [6.07, 6.45) is -5.68. The first kappa shape index (κ1) is 25.9. The molecule has 202 valence electrons. The first-order valence-electron chi connectivity index (χ1n) is 11.5. The zero-order valence-corrected chi connectivity index (χ0v) is 19.7. The SMILES string of the molecule is C[C@@H]1C[C@@H]2C[C@](Cn3ncc(C(F)(F)F)n3)(C1)N2C(=O)Nc1ccc(C(F)(F)F)c(-c2ncc(F)cn2)c1. The average Bonchev–Trinajstić information content (AvgIpc) is 3.27. The molecule has 1 saturated carbocycles. The van der Waals surface area contributed by atoms with E-state index in [0.717, 1.165) is 35.4 Å². The summed E-state index contributed by atoms with van der Waals surface area (Å²) in [4.78, 5) is 23.0. The van der Waals surface area contributed by atoms with Gasteiger partial charge in [0.05, 0.1) is 36.2 Å². The number of nitrogens with one attached hydrogen (secondary N) is 1. The average molecular weight is 543 g/mol. The van der Waals surface area contributed by atoms with Crippen molar-refractivity contribution < 1.29 is 35.5 Å². The molecular formula is C23H20F7N7O. The minimum atomic E-state index is -4.77. The molecule has 1 aliphatic carbocycles. The number of benzene rings is 1. The molecule has 0 unspecified atom stereocenters. The first-order valence-corrected chi connectivity index (χ1v) is 11.5. The van der Waals surface area contributed by atoms with E-state index in [0.29, 0.717) is 25.5 Å². The van der Waals surface area contributed by atoms with Crippen LogP contribution in [0.4, 0.5) is 41.2 Å². The number of carbonyl (C=O) groups is 1. The number of carbonyl (C=O) groups excluding carboxylic acids is 1. The summed E-state index contributed by atoms with van der Waals surface area (Å²) in [5.74, 6) is -1.03. The van der Waals surface area contributed by atoms with Gasteiger partial charge in [0.1, 0.15) is 0 Å². The number of aromatic nitrogens is 5. The fourth-order valence-corrected chi connectivity index (χ4v) is 5.51. The molecule has 3 aromatic rings. The summed E-state index contributed by atoms with van der Waals surface area (Å²) in [7, 11) is 0. The number of hydrogen-bond donors (Lipinski definition) is 1. The van der Waals surface area contributed by atoms with Crippen molar-refractivity contribution in [2.24, 2.45) is 5.92 Å². The van der Waals surface area contributed by atoms with Gasteiger partial charge in [-0.2, -0.15) is 36.2 Å². The van der Waals surface area contributed by atoms with Crippen LogP contribution in [0.5, 0.6) is 0 Å². The highest BCUT2D eigenvalue weighted by Crippen LogP contribution is 2.51. The number of piperidine rings is 1. The Labute approximate surface area is 210 Å². The van der Waals surface area contributed by atoms with E-state index in [1.54, 1.807) is 0 Å². The van der Waals surface area contributed by atoms with Crippen molar-refractivity contribution in [3.63, 3.8) is 0 Å². The summed E-state index contributed by atoms with van der Waals surface area (Å²) in [6, 6.07) is 2.05. The second kappa shape index (κ2) is 8.91. The van der Waals surface area contributed by atoms with Gasteiger partial charge in [0.25, 0.3) is 0 Å². The Morgan fingerprint density at radius 2 is 1.79 bits per heavy atom. The number of halogens is 7. The molecule has 1 aromatic carbocycles. The Hall–Kier alpha value is -3.78. The molecule has 3 fully saturated rings. The lowest BCUT2D eigenvalue weighted by Crippen LogP contribution is -2.73. The van der Waals surface area contributed by atoms with E-state index >= 15 is 0 Å². The molecule has 15 heteroatoms. The number of nitrogens with zero attached hydrogens (tertiary/aromatic N) is 6. The fourth-order valence-electron chi connectivity index (χ4n) is 5.51. The third-order valence-electron chi connectivity index (χ3n) is 6.81. The van der Waals surface area contributed by atoms with Gasteiger partial charge < -0.3 is 10.2 Å². The van der Waals surface area contributed by atoms with Crippen LogP contribution in [0.15, 0.2) is 36.8 Å². The number of fused-ring (bicyclic) bond motifs is 2. The Bertz CT molecular complexity index is 1360. The number of urea groups is 1. The number of amides is 2. The van der Waals surface area contributed by atoms with E-state index in [4.69, 9.17) is 0 Å². The van der Waals surface area contributed by atoms with Gasteiger partial charge in [0.15, 0.2) is 17.3 Å². The van der Waals surface area contributed by atoms with Crippen molar-refractivity contribution in [2.45, 2.75) is 56.7 Å². The molecule has 2 bridgehead atoms. The van der Waals surface area contributed by atoms with Gasteiger partial charge in [-0.15, -0.1) is 5.10 Å². The molecule has 2 aromatic heterocycles. The van der Waals surface area contributed by atoms with Crippen LogP contribution >= 0.6 is 0 Å². The molecule has 3 atom stereocenters. The Morgan fingerprint density at radius 1 is 1.08 bits per heavy atom. The molecule has 1 N–H and O–H groups in total. The lowest BCUT2D eigenvalue weighted by molar-refractivity contribution is -0.142. The largest absolute Gasteiger partial charge is 0.436 e. The molecule has 2 amide bonds. The Morgan fingerprint density at radius 3 is 2.42 bits per heavy atom. The van der Waals surface area contributed by atoms with Gasteiger partial charge in [-0.3, -0.25) is 0 Å². The molecular weight excluding hydrogens is 523 g/mol. The number of rotatable bonds is 4. The van der Waals surface area contributed by atoms with Crippen LogP contribution in [-0.4, -0.2) is 47.5 Å². The summed E-state index contributed by atoms with van der Waals surface area (Å²) < 4.78 is 93.0. The van der Waals surface area contributed by atoms with Gasteiger partial charge in [-0.1, -0.05) is 6.92 Å². The van der Waals surface area contributed by atoms with Crippen molar-refractivity contribution in [1.82, 2.24) is 29.9 Å². The second-order valence-corrected chi connectivity index (χ2v) is 9.67. The molecule has 3 aliphatic rings. The molecule has 2 saturated heterocycles. The van der Waals surface area contributed by atoms with Crippen LogP contribution in [0.25, 0.3) is 11.4 Å². The van der Waals surface area contributed by atoms with E-state index in [2.05, 4.69) is 25.5 Å². The molecule has 2 aliphatic heterocycles. The molecule has 4 heterocycles. The van der Waals surface area contributed by atoms with E-state index in [1.807, 2.05) is 6.92 Å². The van der Waals surface area contributed by atoms with E-state index in [-0.39, 0.29) is 30.0 Å². The zero-order valence-electron chi connectivity index (χ0n) is 19.7. The van der Waals surface area contributed by atoms with Crippen LogP contribution < -0.4 is 5.32 Å². The van der Waals surface area contributed by atoms with E-state index < -0.39 is 46.6 Å². The van der Waals surface area contributed by atoms with Crippen LogP contribution in [0.1, 0.15) is 37.4 Å².